The van der Waals surface area contributed by atoms with Crippen LogP contribution in [-0.2, 0) is 38.7 Å². The number of hydrogen-bond donors (Lipinski definition) is 1. The van der Waals surface area contributed by atoms with Crippen LogP contribution in [-0.4, -0.2) is 64.6 Å². The van der Waals surface area contributed by atoms with Crippen molar-refractivity contribution in [3.8, 4) is 5.88 Å². The second kappa shape index (κ2) is 16.3. The lowest BCUT2D eigenvalue weighted by Crippen LogP contribution is -2.33. The Labute approximate surface area is 306 Å². The largest absolute Gasteiger partial charge is 0.463 e. The molecule has 52 heavy (non-hydrogen) atoms. The normalized spacial score (nSPS) is 18.0. The first kappa shape index (κ1) is 40.7. The average Bonchev–Trinajstić information content (AvgIpc) is 3.66. The first-order valence-electron chi connectivity index (χ1n) is 17.9. The summed E-state index contributed by atoms with van der Waals surface area (Å²) in [5.74, 6) is -3.25. The van der Waals surface area contributed by atoms with Crippen molar-refractivity contribution in [2.75, 3.05) is 11.9 Å². The van der Waals surface area contributed by atoms with E-state index in [1.807, 2.05) is 39.8 Å². The van der Waals surface area contributed by atoms with Crippen molar-refractivity contribution < 1.29 is 41.2 Å². The third kappa shape index (κ3) is 9.08. The predicted molar refractivity (Wildman–Crippen MR) is 194 cm³/mol. The molecule has 1 fully saturated rings. The standard InChI is InChI=1S/C37H53N5O9S/c1-18(2)24-13-25(19(3)4)31(26(14-24)20(5)6)52(46,47)51-34-30-32(39-37(41-34)40-33(43)21(7)8)42(17-38-30)29-15-27(50-36(45)23(11)12)28(49-29)16-48-35(44)22(9)10/h13-14,17-23,27-29H,15-16H2,1-12H3,(H,39,40,41,43)/t27-,28+,29+/m0/s1. The number of benzene rings is 1. The molecule has 0 aliphatic carbocycles. The van der Waals surface area contributed by atoms with E-state index >= 15 is 0 Å². The van der Waals surface area contributed by atoms with E-state index in [1.165, 1.54) is 10.9 Å². The van der Waals surface area contributed by atoms with Crippen molar-refractivity contribution in [1.29, 1.82) is 0 Å². The number of carbonyl (C=O) groups is 3. The zero-order valence-electron chi connectivity index (χ0n) is 32.2. The number of aromatic nitrogens is 4. The Kier molecular flexibility index (Phi) is 12.7. The molecule has 1 aliphatic rings. The van der Waals surface area contributed by atoms with E-state index in [4.69, 9.17) is 18.4 Å². The second-order valence-electron chi connectivity index (χ2n) is 15.1. The highest BCUT2D eigenvalue weighted by Crippen LogP contribution is 2.39. The lowest BCUT2D eigenvalue weighted by molar-refractivity contribution is -0.162. The SMILES string of the molecule is CC(C)C(=O)Nc1nc(OS(=O)(=O)c2c(C(C)C)cc(C(C)C)cc2C(C)C)c2ncn([C@H]3C[C@H](OC(=O)C(C)C)[C@@H](COC(=O)C(C)C)O3)c2n1. The Morgan fingerprint density at radius 3 is 1.98 bits per heavy atom. The van der Waals surface area contributed by atoms with Crippen LogP contribution in [0.25, 0.3) is 11.2 Å². The summed E-state index contributed by atoms with van der Waals surface area (Å²) in [5, 5.41) is 2.64. The summed E-state index contributed by atoms with van der Waals surface area (Å²) in [4.78, 5) is 51.1. The lowest BCUT2D eigenvalue weighted by Gasteiger charge is -2.22. The van der Waals surface area contributed by atoms with Gasteiger partial charge in [0.1, 0.15) is 29.9 Å². The van der Waals surface area contributed by atoms with Crippen LogP contribution in [0.2, 0.25) is 0 Å². The highest BCUT2D eigenvalue weighted by Gasteiger charge is 2.41. The van der Waals surface area contributed by atoms with Crippen LogP contribution in [0.5, 0.6) is 5.88 Å². The highest BCUT2D eigenvalue weighted by molar-refractivity contribution is 7.87. The summed E-state index contributed by atoms with van der Waals surface area (Å²) in [7, 11) is -4.52. The molecule has 1 aromatic carbocycles. The number of carbonyl (C=O) groups excluding carboxylic acids is 3. The average molecular weight is 744 g/mol. The van der Waals surface area contributed by atoms with Crippen LogP contribution >= 0.6 is 0 Å². The maximum Gasteiger partial charge on any atom is 0.341 e. The fraction of sp³-hybridized carbons (Fsp3) is 0.622. The van der Waals surface area contributed by atoms with Crippen LogP contribution in [0.4, 0.5) is 5.95 Å². The first-order chi connectivity index (χ1) is 24.2. The fourth-order valence-electron chi connectivity index (χ4n) is 5.56. The minimum Gasteiger partial charge on any atom is -0.463 e. The van der Waals surface area contributed by atoms with Gasteiger partial charge in [-0.3, -0.25) is 24.3 Å². The molecule has 0 bridgehead atoms. The van der Waals surface area contributed by atoms with Gasteiger partial charge < -0.3 is 18.4 Å². The van der Waals surface area contributed by atoms with Crippen LogP contribution in [0.3, 0.4) is 0 Å². The Morgan fingerprint density at radius 2 is 1.46 bits per heavy atom. The summed E-state index contributed by atoms with van der Waals surface area (Å²) in [5.41, 5.74) is 2.34. The highest BCUT2D eigenvalue weighted by atomic mass is 32.2. The topological polar surface area (TPSA) is 178 Å². The molecule has 1 aliphatic heterocycles. The smallest absolute Gasteiger partial charge is 0.341 e. The zero-order valence-corrected chi connectivity index (χ0v) is 33.0. The number of rotatable bonds is 14. The minimum absolute atomic E-state index is 0.00359. The number of esters is 2. The summed E-state index contributed by atoms with van der Waals surface area (Å²) < 4.78 is 53.7. The molecule has 0 unspecified atom stereocenters. The maximum atomic E-state index is 14.4. The summed E-state index contributed by atoms with van der Waals surface area (Å²) in [6, 6.07) is 3.82. The zero-order chi connectivity index (χ0) is 38.8. The second-order valence-corrected chi connectivity index (χ2v) is 16.6. The third-order valence-electron chi connectivity index (χ3n) is 8.76. The van der Waals surface area contributed by atoms with Crippen molar-refractivity contribution in [3.05, 3.63) is 35.2 Å². The van der Waals surface area contributed by atoms with Gasteiger partial charge in [0.05, 0.1) is 18.2 Å². The van der Waals surface area contributed by atoms with Gasteiger partial charge in [0, 0.05) is 12.3 Å². The summed E-state index contributed by atoms with van der Waals surface area (Å²) in [6.45, 7) is 21.9. The van der Waals surface area contributed by atoms with Gasteiger partial charge in [0.2, 0.25) is 11.9 Å². The fourth-order valence-corrected chi connectivity index (χ4v) is 7.13. The number of anilines is 1. The van der Waals surface area contributed by atoms with E-state index in [1.54, 1.807) is 41.5 Å². The minimum atomic E-state index is -4.52. The van der Waals surface area contributed by atoms with Crippen molar-refractivity contribution in [2.45, 2.75) is 131 Å². The van der Waals surface area contributed by atoms with Crippen molar-refractivity contribution in [3.63, 3.8) is 0 Å². The van der Waals surface area contributed by atoms with Crippen molar-refractivity contribution in [2.24, 2.45) is 17.8 Å². The molecular formula is C37H53N5O9S. The Morgan fingerprint density at radius 1 is 0.865 bits per heavy atom. The number of nitrogens with one attached hydrogen (secondary N) is 1. The van der Waals surface area contributed by atoms with Gasteiger partial charge in [-0.15, -0.1) is 0 Å². The molecular weight excluding hydrogens is 691 g/mol. The van der Waals surface area contributed by atoms with Gasteiger partial charge in [0.15, 0.2) is 11.2 Å². The van der Waals surface area contributed by atoms with E-state index < -0.39 is 58.2 Å². The van der Waals surface area contributed by atoms with E-state index in [2.05, 4.69) is 34.1 Å². The molecule has 3 atom stereocenters. The van der Waals surface area contributed by atoms with Gasteiger partial charge in [-0.1, -0.05) is 95.2 Å². The first-order valence-corrected chi connectivity index (χ1v) is 19.3. The molecule has 1 saturated heterocycles. The molecule has 14 nitrogen and oxygen atoms in total. The van der Waals surface area contributed by atoms with Crippen LogP contribution in [0, 0.1) is 17.8 Å². The van der Waals surface area contributed by atoms with Gasteiger partial charge in [-0.25, -0.2) is 4.98 Å². The third-order valence-corrected chi connectivity index (χ3v) is 10.1. The molecule has 3 heterocycles. The van der Waals surface area contributed by atoms with Gasteiger partial charge in [0.25, 0.3) is 5.88 Å². The summed E-state index contributed by atoms with van der Waals surface area (Å²) >= 11 is 0. The Balaban J connectivity index is 1.83. The summed E-state index contributed by atoms with van der Waals surface area (Å²) in [6.07, 6.45) is -0.915. The van der Waals surface area contributed by atoms with Crippen molar-refractivity contribution in [1.82, 2.24) is 19.5 Å². The van der Waals surface area contributed by atoms with Gasteiger partial charge in [-0.2, -0.15) is 18.4 Å². The Hall–Kier alpha value is -4.11. The Bertz CT molecular complexity index is 1870. The lowest BCUT2D eigenvalue weighted by atomic mass is 9.89. The quantitative estimate of drug-likeness (QED) is 0.138. The molecule has 4 rings (SSSR count). The van der Waals surface area contributed by atoms with E-state index in [0.29, 0.717) is 11.1 Å². The van der Waals surface area contributed by atoms with Crippen LogP contribution in [0.1, 0.15) is 130 Å². The molecule has 0 spiro atoms. The molecule has 0 saturated carbocycles. The molecule has 1 N–H and O–H groups in total. The molecule has 2 aromatic heterocycles. The molecule has 0 radical (unpaired) electrons. The number of fused-ring (bicyclic) bond motifs is 1. The molecule has 286 valence electrons. The number of nitrogens with zero attached hydrogens (tertiary/aromatic N) is 4. The number of hydrogen-bond acceptors (Lipinski definition) is 12. The predicted octanol–water partition coefficient (Wildman–Crippen LogP) is 6.61. The van der Waals surface area contributed by atoms with E-state index in [0.717, 1.165) is 5.56 Å². The number of ether oxygens (including phenoxy) is 3. The van der Waals surface area contributed by atoms with E-state index in [-0.39, 0.29) is 64.6 Å². The van der Waals surface area contributed by atoms with Crippen LogP contribution < -0.4 is 9.50 Å². The monoisotopic (exact) mass is 743 g/mol. The maximum absolute atomic E-state index is 14.4. The molecule has 1 amide bonds. The molecule has 15 heteroatoms. The molecule has 3 aromatic rings. The van der Waals surface area contributed by atoms with Gasteiger partial charge >= 0.3 is 22.1 Å². The van der Waals surface area contributed by atoms with Gasteiger partial charge in [-0.05, 0) is 34.4 Å². The van der Waals surface area contributed by atoms with Crippen molar-refractivity contribution >= 4 is 45.1 Å². The number of amides is 1. The van der Waals surface area contributed by atoms with E-state index in [9.17, 15) is 22.8 Å². The number of imidazole rings is 1. The van der Waals surface area contributed by atoms with Crippen LogP contribution in [0.15, 0.2) is 23.4 Å².